The molecule has 2 aliphatic carbocycles. The first-order chi connectivity index (χ1) is 11.5. The minimum atomic E-state index is -0.557. The molecule has 2 fully saturated rings. The second-order valence-electron chi connectivity index (χ2n) is 7.90. The fraction of sp³-hybridized carbons (Fsp3) is 0.684. The molecule has 2 atom stereocenters. The number of primary amides is 1. The standard InChI is InChI=1S/C19H27N3O2/c1-12-11-22(9-8-19(12,24)14-5-3-6-14)18-15(17(20)23)10-13-4-2-7-16(13)21-18/h10,12,14,24H,2-9,11H2,1H3,(H2,20,23)/t12-,19+/m1/s1. The highest BCUT2D eigenvalue weighted by molar-refractivity contribution is 5.98. The van der Waals surface area contributed by atoms with Gasteiger partial charge in [0.15, 0.2) is 0 Å². The monoisotopic (exact) mass is 329 g/mol. The van der Waals surface area contributed by atoms with E-state index < -0.39 is 11.5 Å². The van der Waals surface area contributed by atoms with Crippen LogP contribution in [-0.4, -0.2) is 34.7 Å². The maximum atomic E-state index is 11.9. The number of aromatic nitrogens is 1. The maximum absolute atomic E-state index is 11.9. The summed E-state index contributed by atoms with van der Waals surface area (Å²) in [4.78, 5) is 18.9. The van der Waals surface area contributed by atoms with Crippen molar-refractivity contribution in [2.45, 2.75) is 57.5 Å². The van der Waals surface area contributed by atoms with E-state index in [1.54, 1.807) is 0 Å². The molecule has 0 radical (unpaired) electrons. The molecular weight excluding hydrogens is 302 g/mol. The molecular formula is C19H27N3O2. The Kier molecular flexibility index (Phi) is 3.79. The Morgan fingerprint density at radius 2 is 2.17 bits per heavy atom. The van der Waals surface area contributed by atoms with E-state index in [1.165, 1.54) is 12.0 Å². The Morgan fingerprint density at radius 1 is 1.38 bits per heavy atom. The van der Waals surface area contributed by atoms with Crippen molar-refractivity contribution >= 4 is 11.7 Å². The lowest BCUT2D eigenvalue weighted by molar-refractivity contribution is -0.102. The van der Waals surface area contributed by atoms with Gasteiger partial charge in [-0.25, -0.2) is 4.98 Å². The van der Waals surface area contributed by atoms with Crippen LogP contribution in [0, 0.1) is 11.8 Å². The number of pyridine rings is 1. The Morgan fingerprint density at radius 3 is 2.79 bits per heavy atom. The van der Waals surface area contributed by atoms with E-state index in [9.17, 15) is 9.90 Å². The zero-order valence-electron chi connectivity index (χ0n) is 14.4. The largest absolute Gasteiger partial charge is 0.389 e. The zero-order valence-corrected chi connectivity index (χ0v) is 14.4. The predicted octanol–water partition coefficient (Wildman–Crippen LogP) is 2.05. The van der Waals surface area contributed by atoms with Crippen LogP contribution in [0.5, 0.6) is 0 Å². The average molecular weight is 329 g/mol. The lowest BCUT2D eigenvalue weighted by atomic mass is 9.65. The van der Waals surface area contributed by atoms with Crippen molar-refractivity contribution in [2.75, 3.05) is 18.0 Å². The fourth-order valence-electron chi connectivity index (χ4n) is 4.73. The van der Waals surface area contributed by atoms with Crippen molar-refractivity contribution in [3.8, 4) is 0 Å². The number of piperidine rings is 1. The van der Waals surface area contributed by atoms with Crippen LogP contribution in [-0.2, 0) is 12.8 Å². The summed E-state index contributed by atoms with van der Waals surface area (Å²) in [6.45, 7) is 3.60. The number of carbonyl (C=O) groups excluding carboxylic acids is 1. The number of aryl methyl sites for hydroxylation is 2. The summed E-state index contributed by atoms with van der Waals surface area (Å²) in [5.74, 6) is 0.941. The van der Waals surface area contributed by atoms with Crippen molar-refractivity contribution in [2.24, 2.45) is 17.6 Å². The molecule has 0 spiro atoms. The van der Waals surface area contributed by atoms with Crippen LogP contribution >= 0.6 is 0 Å². The molecule has 1 aromatic rings. The number of rotatable bonds is 3. The van der Waals surface area contributed by atoms with E-state index >= 15 is 0 Å². The number of anilines is 1. The smallest absolute Gasteiger partial charge is 0.252 e. The lowest BCUT2D eigenvalue weighted by Gasteiger charge is -2.50. The molecule has 0 bridgehead atoms. The van der Waals surface area contributed by atoms with Crippen molar-refractivity contribution in [3.63, 3.8) is 0 Å². The Bertz CT molecular complexity index is 671. The zero-order chi connectivity index (χ0) is 16.9. The first kappa shape index (κ1) is 15.9. The van der Waals surface area contributed by atoms with E-state index in [-0.39, 0.29) is 5.92 Å². The summed E-state index contributed by atoms with van der Waals surface area (Å²) >= 11 is 0. The van der Waals surface area contributed by atoms with Crippen molar-refractivity contribution in [3.05, 3.63) is 22.9 Å². The molecule has 5 nitrogen and oxygen atoms in total. The molecule has 4 rings (SSSR count). The maximum Gasteiger partial charge on any atom is 0.252 e. The van der Waals surface area contributed by atoms with Gasteiger partial charge in [-0.3, -0.25) is 4.79 Å². The molecule has 2 heterocycles. The molecule has 1 aliphatic heterocycles. The number of nitrogens with zero attached hydrogens (tertiary/aromatic N) is 2. The summed E-state index contributed by atoms with van der Waals surface area (Å²) in [6, 6.07) is 1.95. The van der Waals surface area contributed by atoms with Crippen LogP contribution in [0.2, 0.25) is 0 Å². The molecule has 1 saturated carbocycles. The molecule has 1 aromatic heterocycles. The average Bonchev–Trinajstić information content (AvgIpc) is 2.94. The van der Waals surface area contributed by atoms with Gasteiger partial charge in [-0.1, -0.05) is 13.3 Å². The topological polar surface area (TPSA) is 79.5 Å². The van der Waals surface area contributed by atoms with Gasteiger partial charge in [0, 0.05) is 24.7 Å². The Balaban J connectivity index is 1.62. The molecule has 24 heavy (non-hydrogen) atoms. The summed E-state index contributed by atoms with van der Waals surface area (Å²) in [6.07, 6.45) is 7.34. The first-order valence-corrected chi connectivity index (χ1v) is 9.29. The van der Waals surface area contributed by atoms with E-state index in [2.05, 4.69) is 11.8 Å². The van der Waals surface area contributed by atoms with Crippen LogP contribution in [0.4, 0.5) is 5.82 Å². The summed E-state index contributed by atoms with van der Waals surface area (Å²) in [5.41, 5.74) is 7.89. The molecule has 130 valence electrons. The van der Waals surface area contributed by atoms with E-state index in [4.69, 9.17) is 10.7 Å². The van der Waals surface area contributed by atoms with Gasteiger partial charge in [0.25, 0.3) is 5.91 Å². The van der Waals surface area contributed by atoms with Crippen molar-refractivity contribution < 1.29 is 9.90 Å². The fourth-order valence-corrected chi connectivity index (χ4v) is 4.73. The number of aliphatic hydroxyl groups is 1. The highest BCUT2D eigenvalue weighted by atomic mass is 16.3. The van der Waals surface area contributed by atoms with Gasteiger partial charge in [-0.2, -0.15) is 0 Å². The van der Waals surface area contributed by atoms with Crippen LogP contribution in [0.25, 0.3) is 0 Å². The number of fused-ring (bicyclic) bond motifs is 1. The molecule has 3 N–H and O–H groups in total. The quantitative estimate of drug-likeness (QED) is 0.889. The number of carbonyl (C=O) groups is 1. The van der Waals surface area contributed by atoms with Crippen molar-refractivity contribution in [1.82, 2.24) is 4.98 Å². The summed E-state index contributed by atoms with van der Waals surface area (Å²) in [5, 5.41) is 11.1. The highest BCUT2D eigenvalue weighted by Gasteiger charge is 2.47. The minimum absolute atomic E-state index is 0.173. The minimum Gasteiger partial charge on any atom is -0.389 e. The number of amides is 1. The summed E-state index contributed by atoms with van der Waals surface area (Å²) in [7, 11) is 0. The van der Waals surface area contributed by atoms with Crippen LogP contribution < -0.4 is 10.6 Å². The Labute approximate surface area is 143 Å². The van der Waals surface area contributed by atoms with Gasteiger partial charge in [-0.15, -0.1) is 0 Å². The molecule has 0 unspecified atom stereocenters. The molecule has 3 aliphatic rings. The van der Waals surface area contributed by atoms with Crippen LogP contribution in [0.15, 0.2) is 6.07 Å². The Hall–Kier alpha value is -1.62. The van der Waals surface area contributed by atoms with Gasteiger partial charge >= 0.3 is 0 Å². The third-order valence-electron chi connectivity index (χ3n) is 6.54. The SMILES string of the molecule is C[C@@H]1CN(c2nc3c(cc2C(N)=O)CCC3)CC[C@@]1(O)C1CCC1. The van der Waals surface area contributed by atoms with E-state index in [0.717, 1.165) is 63.1 Å². The van der Waals surface area contributed by atoms with Gasteiger partial charge in [0.05, 0.1) is 11.2 Å². The van der Waals surface area contributed by atoms with Crippen molar-refractivity contribution in [1.29, 1.82) is 0 Å². The molecule has 1 amide bonds. The van der Waals surface area contributed by atoms with Gasteiger partial charge < -0.3 is 15.7 Å². The van der Waals surface area contributed by atoms with Gasteiger partial charge in [0.2, 0.25) is 0 Å². The number of hydrogen-bond acceptors (Lipinski definition) is 4. The third-order valence-corrected chi connectivity index (χ3v) is 6.54. The summed E-state index contributed by atoms with van der Waals surface area (Å²) < 4.78 is 0. The normalized spacial score (nSPS) is 30.1. The molecule has 5 heteroatoms. The predicted molar refractivity (Wildman–Crippen MR) is 93.1 cm³/mol. The second-order valence-corrected chi connectivity index (χ2v) is 7.90. The first-order valence-electron chi connectivity index (χ1n) is 9.29. The lowest BCUT2D eigenvalue weighted by Crippen LogP contribution is -2.56. The van der Waals surface area contributed by atoms with E-state index in [0.29, 0.717) is 11.5 Å². The number of nitrogens with two attached hydrogens (primary N) is 1. The van der Waals surface area contributed by atoms with E-state index in [1.807, 2.05) is 6.07 Å². The molecule has 0 aromatic carbocycles. The number of hydrogen-bond donors (Lipinski definition) is 2. The third kappa shape index (κ3) is 2.41. The second kappa shape index (κ2) is 5.73. The highest BCUT2D eigenvalue weighted by Crippen LogP contribution is 2.45. The van der Waals surface area contributed by atoms with Crippen LogP contribution in [0.1, 0.15) is 60.6 Å². The van der Waals surface area contributed by atoms with Crippen LogP contribution in [0.3, 0.4) is 0 Å². The van der Waals surface area contributed by atoms with Gasteiger partial charge in [-0.05, 0) is 56.1 Å². The van der Waals surface area contributed by atoms with Gasteiger partial charge in [0.1, 0.15) is 5.82 Å². The molecule has 1 saturated heterocycles.